The number of aliphatic hydroxyl groups excluding tert-OH is 1. The summed E-state index contributed by atoms with van der Waals surface area (Å²) in [6.07, 6.45) is 0.862. The van der Waals surface area contributed by atoms with Gasteiger partial charge in [-0.15, -0.1) is 0 Å². The molecule has 22 heavy (non-hydrogen) atoms. The molecule has 1 unspecified atom stereocenters. The van der Waals surface area contributed by atoms with Crippen molar-refractivity contribution in [1.82, 2.24) is 9.80 Å². The topological polar surface area (TPSA) is 35.9 Å². The van der Waals surface area contributed by atoms with Crippen LogP contribution in [0.3, 0.4) is 0 Å². The smallest absolute Gasteiger partial charge is 0.119 e. The van der Waals surface area contributed by atoms with E-state index in [1.54, 1.807) is 7.11 Å². The number of hydrogen-bond acceptors (Lipinski definition) is 4. The molecule has 1 aromatic rings. The van der Waals surface area contributed by atoms with Crippen LogP contribution in [0.15, 0.2) is 24.3 Å². The zero-order valence-corrected chi connectivity index (χ0v) is 14.2. The van der Waals surface area contributed by atoms with E-state index in [1.165, 1.54) is 5.56 Å². The van der Waals surface area contributed by atoms with Gasteiger partial charge in [0.15, 0.2) is 0 Å². The zero-order valence-electron chi connectivity index (χ0n) is 14.2. The van der Waals surface area contributed by atoms with Crippen molar-refractivity contribution in [1.29, 1.82) is 0 Å². The van der Waals surface area contributed by atoms with Crippen molar-refractivity contribution in [3.8, 4) is 5.75 Å². The Morgan fingerprint density at radius 1 is 1.32 bits per heavy atom. The normalized spacial score (nSPS) is 20.5. The number of nitrogens with zero attached hydrogens (tertiary/aromatic N) is 2. The summed E-state index contributed by atoms with van der Waals surface area (Å²) in [6, 6.07) is 8.77. The molecule has 1 heterocycles. The Bertz CT molecular complexity index is 450. The molecule has 2 rings (SSSR count). The Balaban J connectivity index is 1.95. The van der Waals surface area contributed by atoms with Gasteiger partial charge in [0.2, 0.25) is 0 Å². The van der Waals surface area contributed by atoms with Crippen LogP contribution in [0, 0.1) is 5.92 Å². The molecule has 0 radical (unpaired) electrons. The van der Waals surface area contributed by atoms with Gasteiger partial charge < -0.3 is 9.84 Å². The van der Waals surface area contributed by atoms with Crippen LogP contribution >= 0.6 is 0 Å². The molecule has 1 fully saturated rings. The molecule has 4 nitrogen and oxygen atoms in total. The first-order valence-electron chi connectivity index (χ1n) is 8.32. The van der Waals surface area contributed by atoms with Gasteiger partial charge in [-0.05, 0) is 30.0 Å². The van der Waals surface area contributed by atoms with Crippen LogP contribution in [0.4, 0.5) is 0 Å². The van der Waals surface area contributed by atoms with E-state index in [0.717, 1.165) is 44.9 Å². The predicted octanol–water partition coefficient (Wildman–Crippen LogP) is 2.22. The highest BCUT2D eigenvalue weighted by Crippen LogP contribution is 2.19. The standard InChI is InChI=1S/C18H30N2O2/c1-15(2)12-20-9-8-19(14-17(20)7-10-21)13-16-5-4-6-18(11-16)22-3/h4-6,11,15,17,21H,7-10,12-14H2,1-3H3. The van der Waals surface area contributed by atoms with E-state index in [9.17, 15) is 5.11 Å². The van der Waals surface area contributed by atoms with E-state index in [1.807, 2.05) is 12.1 Å². The average Bonchev–Trinajstić information content (AvgIpc) is 2.50. The summed E-state index contributed by atoms with van der Waals surface area (Å²) in [6.45, 7) is 10.1. The lowest BCUT2D eigenvalue weighted by atomic mass is 10.1. The summed E-state index contributed by atoms with van der Waals surface area (Å²) < 4.78 is 5.30. The van der Waals surface area contributed by atoms with Crippen molar-refractivity contribution in [2.24, 2.45) is 5.92 Å². The van der Waals surface area contributed by atoms with Crippen molar-refractivity contribution < 1.29 is 9.84 Å². The van der Waals surface area contributed by atoms with Crippen LogP contribution in [0.25, 0.3) is 0 Å². The van der Waals surface area contributed by atoms with Crippen molar-refractivity contribution >= 4 is 0 Å². The SMILES string of the molecule is COc1cccc(CN2CCN(CC(C)C)C(CCO)C2)c1. The third-order valence-corrected chi connectivity index (χ3v) is 4.29. The molecule has 1 aromatic carbocycles. The maximum Gasteiger partial charge on any atom is 0.119 e. The number of aliphatic hydroxyl groups is 1. The minimum absolute atomic E-state index is 0.270. The highest BCUT2D eigenvalue weighted by Gasteiger charge is 2.26. The molecule has 0 aromatic heterocycles. The number of hydrogen-bond donors (Lipinski definition) is 1. The Morgan fingerprint density at radius 3 is 2.82 bits per heavy atom. The van der Waals surface area contributed by atoms with Crippen molar-refractivity contribution in [2.75, 3.05) is 39.9 Å². The van der Waals surface area contributed by atoms with Crippen LogP contribution in [0.5, 0.6) is 5.75 Å². The van der Waals surface area contributed by atoms with E-state index < -0.39 is 0 Å². The molecule has 1 aliphatic rings. The van der Waals surface area contributed by atoms with Gasteiger partial charge in [0.1, 0.15) is 5.75 Å². The van der Waals surface area contributed by atoms with Crippen LogP contribution in [0.2, 0.25) is 0 Å². The largest absolute Gasteiger partial charge is 0.497 e. The summed E-state index contributed by atoms with van der Waals surface area (Å²) in [5.41, 5.74) is 1.29. The van der Waals surface area contributed by atoms with Gasteiger partial charge >= 0.3 is 0 Å². The fourth-order valence-electron chi connectivity index (χ4n) is 3.26. The number of rotatable bonds is 7. The van der Waals surface area contributed by atoms with E-state index in [0.29, 0.717) is 12.0 Å². The molecular weight excluding hydrogens is 276 g/mol. The zero-order chi connectivity index (χ0) is 15.9. The summed E-state index contributed by atoms with van der Waals surface area (Å²) in [5.74, 6) is 1.59. The minimum atomic E-state index is 0.270. The maximum atomic E-state index is 9.35. The van der Waals surface area contributed by atoms with Crippen LogP contribution in [-0.4, -0.2) is 60.8 Å². The molecule has 124 valence electrons. The van der Waals surface area contributed by atoms with Crippen LogP contribution < -0.4 is 4.74 Å². The Morgan fingerprint density at radius 2 is 2.14 bits per heavy atom. The molecule has 4 heteroatoms. The van der Waals surface area contributed by atoms with Gasteiger partial charge in [0.25, 0.3) is 0 Å². The molecule has 1 saturated heterocycles. The first-order chi connectivity index (χ1) is 10.6. The lowest BCUT2D eigenvalue weighted by Gasteiger charge is -2.42. The molecule has 0 aliphatic carbocycles. The van der Waals surface area contributed by atoms with Gasteiger partial charge in [0, 0.05) is 45.4 Å². The third-order valence-electron chi connectivity index (χ3n) is 4.29. The molecule has 0 saturated carbocycles. The van der Waals surface area contributed by atoms with Gasteiger partial charge in [-0.1, -0.05) is 26.0 Å². The van der Waals surface area contributed by atoms with Gasteiger partial charge in [-0.3, -0.25) is 9.80 Å². The second-order valence-corrected chi connectivity index (χ2v) is 6.64. The Kier molecular flexibility index (Phi) is 6.68. The molecule has 1 aliphatic heterocycles. The number of piperazine rings is 1. The van der Waals surface area contributed by atoms with Crippen LogP contribution in [0.1, 0.15) is 25.8 Å². The minimum Gasteiger partial charge on any atom is -0.497 e. The molecule has 0 spiro atoms. The van der Waals surface area contributed by atoms with E-state index >= 15 is 0 Å². The quantitative estimate of drug-likeness (QED) is 0.838. The second-order valence-electron chi connectivity index (χ2n) is 6.64. The van der Waals surface area contributed by atoms with E-state index in [4.69, 9.17) is 4.74 Å². The average molecular weight is 306 g/mol. The number of ether oxygens (including phenoxy) is 1. The van der Waals surface area contributed by atoms with Crippen molar-refractivity contribution in [2.45, 2.75) is 32.9 Å². The predicted molar refractivity (Wildman–Crippen MR) is 90.2 cm³/mol. The summed E-state index contributed by atoms with van der Waals surface area (Å²) >= 11 is 0. The lowest BCUT2D eigenvalue weighted by molar-refractivity contribution is 0.0476. The van der Waals surface area contributed by atoms with Gasteiger partial charge in [0.05, 0.1) is 7.11 Å². The Labute approximate surface area is 134 Å². The first kappa shape index (κ1) is 17.3. The van der Waals surface area contributed by atoms with E-state index in [2.05, 4.69) is 35.8 Å². The molecule has 1 atom stereocenters. The fraction of sp³-hybridized carbons (Fsp3) is 0.667. The molecule has 0 amide bonds. The lowest BCUT2D eigenvalue weighted by Crippen LogP contribution is -2.53. The van der Waals surface area contributed by atoms with Crippen LogP contribution in [-0.2, 0) is 6.54 Å². The summed E-state index contributed by atoms with van der Waals surface area (Å²) in [7, 11) is 1.71. The van der Waals surface area contributed by atoms with Crippen molar-refractivity contribution in [3.05, 3.63) is 29.8 Å². The first-order valence-corrected chi connectivity index (χ1v) is 8.32. The maximum absolute atomic E-state index is 9.35. The third kappa shape index (κ3) is 4.97. The summed E-state index contributed by atoms with van der Waals surface area (Å²) in [4.78, 5) is 5.04. The molecular formula is C18H30N2O2. The highest BCUT2D eigenvalue weighted by atomic mass is 16.5. The second kappa shape index (κ2) is 8.51. The van der Waals surface area contributed by atoms with E-state index in [-0.39, 0.29) is 6.61 Å². The fourth-order valence-corrected chi connectivity index (χ4v) is 3.26. The molecule has 1 N–H and O–H groups in total. The van der Waals surface area contributed by atoms with Gasteiger partial charge in [-0.25, -0.2) is 0 Å². The van der Waals surface area contributed by atoms with Crippen molar-refractivity contribution in [3.63, 3.8) is 0 Å². The Hall–Kier alpha value is -1.10. The monoisotopic (exact) mass is 306 g/mol. The van der Waals surface area contributed by atoms with Gasteiger partial charge in [-0.2, -0.15) is 0 Å². The number of benzene rings is 1. The summed E-state index contributed by atoms with van der Waals surface area (Å²) in [5, 5.41) is 9.35. The number of methoxy groups -OCH3 is 1. The molecule has 0 bridgehead atoms. The highest BCUT2D eigenvalue weighted by molar-refractivity contribution is 5.28.